The predicted octanol–water partition coefficient (Wildman–Crippen LogP) is -2.18. The van der Waals surface area contributed by atoms with Crippen LogP contribution >= 0.6 is 0 Å². The Morgan fingerprint density at radius 2 is 1.00 bits per heavy atom. The van der Waals surface area contributed by atoms with E-state index in [0.29, 0.717) is 0 Å². The van der Waals surface area contributed by atoms with Gasteiger partial charge in [0.15, 0.2) is 0 Å². The third-order valence-corrected chi connectivity index (χ3v) is 0. The van der Waals surface area contributed by atoms with Crippen molar-refractivity contribution >= 4 is 17.6 Å². The van der Waals surface area contributed by atoms with E-state index in [1.54, 1.807) is 13.8 Å². The van der Waals surface area contributed by atoms with Gasteiger partial charge in [0.2, 0.25) is 0 Å². The molecule has 3 heteroatoms. The average Bonchev–Trinajstić information content (AvgIpc) is 1.39. The molecular weight excluding hydrogens is 153 g/mol. The Labute approximate surface area is 55.5 Å². The zero-order valence-corrected chi connectivity index (χ0v) is 7.90. The van der Waals surface area contributed by atoms with Gasteiger partial charge in [-0.15, -0.1) is 13.2 Å². The van der Waals surface area contributed by atoms with Gasteiger partial charge in [0.25, 0.3) is 0 Å². The minimum absolute atomic E-state index is 0. The molecule has 0 aliphatic rings. The second-order valence-corrected chi connectivity index (χ2v) is 0.577. The van der Waals surface area contributed by atoms with Crippen LogP contribution in [0.1, 0.15) is 13.8 Å². The molecule has 0 N–H and O–H groups in total. The fraction of sp³-hybridized carbons (Fsp3) is 1.00. The molecule has 0 heterocycles. The summed E-state index contributed by atoms with van der Waals surface area (Å²) in [7, 11) is 0. The molecule has 0 spiro atoms. The van der Waals surface area contributed by atoms with E-state index in [1.807, 2.05) is 0 Å². The second-order valence-electron chi connectivity index (χ2n) is 0.577. The van der Waals surface area contributed by atoms with Crippen LogP contribution in [0.5, 0.6) is 0 Å². The van der Waals surface area contributed by atoms with E-state index in [1.165, 1.54) is 0 Å². The summed E-state index contributed by atoms with van der Waals surface area (Å²) in [6.45, 7) is 3.14. The number of hydrogen-bond acceptors (Lipinski definition) is 2. The quantitative estimate of drug-likeness (QED) is 0.383. The standard InChI is InChI=1S/2C2H5O.GeH2/c2*1-2-3;/h2*2H2,1H3;1H2/q2*-1;+2. The van der Waals surface area contributed by atoms with Crippen molar-refractivity contribution in [1.82, 2.24) is 0 Å². The van der Waals surface area contributed by atoms with Crippen LogP contribution in [0.15, 0.2) is 0 Å². The Morgan fingerprint density at radius 3 is 1.00 bits per heavy atom. The van der Waals surface area contributed by atoms with E-state index in [-0.39, 0.29) is 30.8 Å². The van der Waals surface area contributed by atoms with Crippen molar-refractivity contribution in [2.75, 3.05) is 13.2 Å². The molecule has 2 nitrogen and oxygen atoms in total. The predicted molar refractivity (Wildman–Crippen MR) is 29.6 cm³/mol. The maximum atomic E-state index is 8.93. The van der Waals surface area contributed by atoms with Gasteiger partial charge in [-0.25, -0.2) is 0 Å². The van der Waals surface area contributed by atoms with Gasteiger partial charge in [-0.1, -0.05) is 13.8 Å². The summed E-state index contributed by atoms with van der Waals surface area (Å²) >= 11 is 0. The molecule has 0 rings (SSSR count). The molecular formula is C4H12GeO2. The van der Waals surface area contributed by atoms with Crippen molar-refractivity contribution in [2.45, 2.75) is 13.8 Å². The third-order valence-electron chi connectivity index (χ3n) is 0. The van der Waals surface area contributed by atoms with Gasteiger partial charge >= 0.3 is 17.6 Å². The van der Waals surface area contributed by atoms with Crippen LogP contribution in [-0.4, -0.2) is 30.8 Å². The van der Waals surface area contributed by atoms with Crippen molar-refractivity contribution in [3.63, 3.8) is 0 Å². The van der Waals surface area contributed by atoms with Gasteiger partial charge in [-0.2, -0.15) is 0 Å². The van der Waals surface area contributed by atoms with Gasteiger partial charge in [-0.05, 0) is 0 Å². The minimum atomic E-state index is 0. The summed E-state index contributed by atoms with van der Waals surface area (Å²) in [6, 6.07) is 0. The Bertz CT molecular complexity index is 11.7. The summed E-state index contributed by atoms with van der Waals surface area (Å²) in [5.41, 5.74) is 0. The van der Waals surface area contributed by atoms with Crippen LogP contribution in [0, 0.1) is 0 Å². The van der Waals surface area contributed by atoms with Crippen molar-refractivity contribution in [2.24, 2.45) is 0 Å². The summed E-state index contributed by atoms with van der Waals surface area (Å²) in [6.07, 6.45) is 0. The van der Waals surface area contributed by atoms with E-state index < -0.39 is 0 Å². The summed E-state index contributed by atoms with van der Waals surface area (Å²) in [5, 5.41) is 17.9. The van der Waals surface area contributed by atoms with Crippen LogP contribution in [0.3, 0.4) is 0 Å². The summed E-state index contributed by atoms with van der Waals surface area (Å²) < 4.78 is 0. The monoisotopic (exact) mass is 166 g/mol. The normalized spacial score (nSPS) is 5.14. The van der Waals surface area contributed by atoms with E-state index in [9.17, 15) is 0 Å². The Morgan fingerprint density at radius 1 is 1.00 bits per heavy atom. The maximum absolute atomic E-state index is 8.93. The number of rotatable bonds is 0. The van der Waals surface area contributed by atoms with Crippen LogP contribution in [0.4, 0.5) is 0 Å². The van der Waals surface area contributed by atoms with Crippen molar-refractivity contribution in [1.29, 1.82) is 0 Å². The van der Waals surface area contributed by atoms with Gasteiger partial charge in [0.05, 0.1) is 0 Å². The van der Waals surface area contributed by atoms with Crippen LogP contribution in [0.2, 0.25) is 0 Å². The van der Waals surface area contributed by atoms with E-state index in [2.05, 4.69) is 0 Å². The zero-order chi connectivity index (χ0) is 5.41. The molecule has 0 aromatic rings. The van der Waals surface area contributed by atoms with Crippen LogP contribution in [-0.2, 0) is 0 Å². The first-order valence-corrected chi connectivity index (χ1v) is 1.99. The Balaban J connectivity index is -0.0000000400. The van der Waals surface area contributed by atoms with E-state index >= 15 is 0 Å². The molecule has 0 aromatic heterocycles. The Kier molecular flexibility index (Phi) is 71.1. The second kappa shape index (κ2) is 31.8. The molecule has 0 radical (unpaired) electrons. The van der Waals surface area contributed by atoms with Crippen molar-refractivity contribution < 1.29 is 10.2 Å². The van der Waals surface area contributed by atoms with E-state index in [4.69, 9.17) is 10.2 Å². The van der Waals surface area contributed by atoms with Gasteiger partial charge < -0.3 is 10.2 Å². The molecule has 0 aromatic carbocycles. The molecule has 7 heavy (non-hydrogen) atoms. The molecule has 44 valence electrons. The fourth-order valence-corrected chi connectivity index (χ4v) is 0. The third kappa shape index (κ3) is 601. The molecule has 0 atom stereocenters. The molecule has 0 saturated carbocycles. The van der Waals surface area contributed by atoms with E-state index in [0.717, 1.165) is 0 Å². The van der Waals surface area contributed by atoms with Crippen LogP contribution < -0.4 is 10.2 Å². The topological polar surface area (TPSA) is 46.1 Å². The molecule has 0 fully saturated rings. The first kappa shape index (κ1) is 15.7. The SMILES string of the molecule is CC[O-].CC[O-].[GeH2+2]. The first-order valence-electron chi connectivity index (χ1n) is 1.99. The Hall–Kier alpha value is 0.463. The average molecular weight is 165 g/mol. The van der Waals surface area contributed by atoms with Gasteiger partial charge in [0, 0.05) is 0 Å². The van der Waals surface area contributed by atoms with Gasteiger partial charge in [0.1, 0.15) is 0 Å². The van der Waals surface area contributed by atoms with Crippen molar-refractivity contribution in [3.05, 3.63) is 0 Å². The summed E-state index contributed by atoms with van der Waals surface area (Å²) in [5.74, 6) is 0. The summed E-state index contributed by atoms with van der Waals surface area (Å²) in [4.78, 5) is 0. The van der Waals surface area contributed by atoms with Crippen molar-refractivity contribution in [3.8, 4) is 0 Å². The molecule has 0 amide bonds. The molecule has 0 aliphatic carbocycles. The molecule has 0 bridgehead atoms. The van der Waals surface area contributed by atoms with Gasteiger partial charge in [-0.3, -0.25) is 0 Å². The molecule has 0 unspecified atom stereocenters. The zero-order valence-electron chi connectivity index (χ0n) is 4.94. The molecule has 0 saturated heterocycles. The fourth-order valence-electron chi connectivity index (χ4n) is 0. The van der Waals surface area contributed by atoms with Crippen LogP contribution in [0.25, 0.3) is 0 Å². The number of hydrogen-bond donors (Lipinski definition) is 0. The molecule has 0 aliphatic heterocycles. The first-order chi connectivity index (χ1) is 2.83.